The van der Waals surface area contributed by atoms with Gasteiger partial charge in [-0.1, -0.05) is 180 Å². The smallest absolute Gasteiger partial charge is 0.135 e. The number of benzene rings is 7. The van der Waals surface area contributed by atoms with Crippen molar-refractivity contribution in [2.24, 2.45) is 0 Å². The van der Waals surface area contributed by atoms with Crippen molar-refractivity contribution >= 4 is 44.6 Å². The summed E-state index contributed by atoms with van der Waals surface area (Å²) in [5.74, 6) is 2.06. The predicted molar refractivity (Wildman–Crippen MR) is 297 cm³/mol. The topological polar surface area (TPSA) is 33.5 Å². The SMILES string of the molecule is CC(C)(C)c1cc(N2[CH-]N(c3[c-]c(Oc4[c-]c5c(cc4)c4ccc(C(C)(C)C)cc4n5-c4cc(C(C)(C)C)ccn4)ccc3)c3ccc(C(C)(C)c4ccccc4)cc32)cc(C(C)(C)c2ccccc2)c1.[Pt]. The minimum absolute atomic E-state index is 0. The molecule has 10 rings (SSSR count). The largest absolute Gasteiger partial charge is 0.509 e. The monoisotopic (exact) mass is 1130 g/mol. The molecule has 0 radical (unpaired) electrons. The summed E-state index contributed by atoms with van der Waals surface area (Å²) in [5.41, 5.74) is 14.3. The molecule has 0 fully saturated rings. The zero-order valence-corrected chi connectivity index (χ0v) is 46.5. The van der Waals surface area contributed by atoms with Crippen molar-refractivity contribution in [3.8, 4) is 17.3 Å². The molecule has 1 aliphatic rings. The minimum atomic E-state index is -0.243. The van der Waals surface area contributed by atoms with Crippen molar-refractivity contribution in [2.45, 2.75) is 117 Å². The van der Waals surface area contributed by atoms with Crippen molar-refractivity contribution in [1.82, 2.24) is 9.55 Å². The van der Waals surface area contributed by atoms with Gasteiger partial charge in [-0.25, -0.2) is 4.98 Å². The Kier molecular flexibility index (Phi) is 13.0. The third-order valence-electron chi connectivity index (χ3n) is 14.8. The second-order valence-corrected chi connectivity index (χ2v) is 23.6. The standard InChI is InChI=1S/C66H67N4O.Pt/c1-62(2,3)46-27-30-55-56-31-29-54(42-59(56)70(58(55)38-46)61-40-47(33-34-67-61)63(4,5)6)71-53-26-20-25-51(41-53)68-43-69(60-39-48(28-32-57(60)68)65(10,11)44-21-16-14-17-22-44)52-36-49(64(7,8)9)35-50(37-52)66(12,13)45-23-18-15-19-24-45;/h14-40,43H,1-13H3;/q-3;. The van der Waals surface area contributed by atoms with Gasteiger partial charge in [-0.05, 0) is 103 Å². The third-order valence-corrected chi connectivity index (χ3v) is 14.8. The van der Waals surface area contributed by atoms with Gasteiger partial charge in [0.25, 0.3) is 0 Å². The van der Waals surface area contributed by atoms with Gasteiger partial charge in [-0.2, -0.15) is 12.1 Å². The number of aromatic nitrogens is 2. The van der Waals surface area contributed by atoms with Crippen LogP contribution in [0, 0.1) is 18.8 Å². The summed E-state index contributed by atoms with van der Waals surface area (Å²) in [7, 11) is 0. The number of rotatable bonds is 9. The Morgan fingerprint density at radius 2 is 1.03 bits per heavy atom. The Morgan fingerprint density at radius 1 is 0.444 bits per heavy atom. The van der Waals surface area contributed by atoms with Crippen LogP contribution in [0.5, 0.6) is 11.5 Å². The Morgan fingerprint density at radius 3 is 1.68 bits per heavy atom. The van der Waals surface area contributed by atoms with E-state index >= 15 is 0 Å². The van der Waals surface area contributed by atoms with Crippen LogP contribution in [0.1, 0.15) is 129 Å². The second-order valence-electron chi connectivity index (χ2n) is 23.6. The second kappa shape index (κ2) is 18.6. The average Bonchev–Trinajstić information content (AvgIpc) is 3.89. The molecular formula is C66H67N4OPt-3. The molecule has 6 heteroatoms. The van der Waals surface area contributed by atoms with Crippen molar-refractivity contribution in [3.05, 3.63) is 222 Å². The van der Waals surface area contributed by atoms with Crippen molar-refractivity contribution in [3.63, 3.8) is 0 Å². The van der Waals surface area contributed by atoms with Gasteiger partial charge in [0.05, 0.1) is 0 Å². The van der Waals surface area contributed by atoms with Crippen LogP contribution in [0.2, 0.25) is 0 Å². The van der Waals surface area contributed by atoms with E-state index < -0.39 is 0 Å². The Bertz CT molecular complexity index is 3440. The number of hydrogen-bond acceptors (Lipinski definition) is 4. The Labute approximate surface area is 443 Å². The predicted octanol–water partition coefficient (Wildman–Crippen LogP) is 17.5. The van der Waals surface area contributed by atoms with Crippen LogP contribution in [-0.4, -0.2) is 9.55 Å². The molecule has 3 heterocycles. The van der Waals surface area contributed by atoms with Gasteiger partial charge in [0.15, 0.2) is 0 Å². The van der Waals surface area contributed by atoms with E-state index in [-0.39, 0.29) is 48.1 Å². The van der Waals surface area contributed by atoms with Crippen molar-refractivity contribution < 1.29 is 25.8 Å². The molecule has 0 atom stereocenters. The molecule has 0 saturated carbocycles. The molecule has 5 nitrogen and oxygen atoms in total. The van der Waals surface area contributed by atoms with Gasteiger partial charge < -0.3 is 19.1 Å². The van der Waals surface area contributed by atoms with E-state index in [0.717, 1.165) is 50.4 Å². The van der Waals surface area contributed by atoms with Crippen LogP contribution in [0.25, 0.3) is 27.6 Å². The molecular weight excluding hydrogens is 1060 g/mol. The maximum atomic E-state index is 6.79. The van der Waals surface area contributed by atoms with Crippen LogP contribution in [-0.2, 0) is 48.1 Å². The normalized spacial score (nSPS) is 13.4. The third kappa shape index (κ3) is 9.42. The van der Waals surface area contributed by atoms with E-state index in [2.05, 4.69) is 269 Å². The molecule has 9 aromatic rings. The number of fused-ring (bicyclic) bond motifs is 4. The molecule has 72 heavy (non-hydrogen) atoms. The maximum Gasteiger partial charge on any atom is 0.135 e. The summed E-state index contributed by atoms with van der Waals surface area (Å²) in [6, 6.07) is 64.6. The van der Waals surface area contributed by atoms with Crippen LogP contribution in [0.15, 0.2) is 164 Å². The van der Waals surface area contributed by atoms with E-state index in [1.54, 1.807) is 0 Å². The Balaban J connectivity index is 0.00000640. The van der Waals surface area contributed by atoms with Gasteiger partial charge in [-0.15, -0.1) is 48.1 Å². The molecule has 0 unspecified atom stereocenters. The van der Waals surface area contributed by atoms with Crippen molar-refractivity contribution in [1.29, 1.82) is 0 Å². The summed E-state index contributed by atoms with van der Waals surface area (Å²) >= 11 is 0. The number of pyridine rings is 1. The van der Waals surface area contributed by atoms with E-state index in [0.29, 0.717) is 11.5 Å². The van der Waals surface area contributed by atoms with E-state index in [1.807, 2.05) is 18.3 Å². The van der Waals surface area contributed by atoms with Crippen LogP contribution < -0.4 is 14.5 Å². The molecule has 0 amide bonds. The number of ether oxygens (including phenoxy) is 1. The number of hydrogen-bond donors (Lipinski definition) is 0. The molecule has 0 spiro atoms. The summed E-state index contributed by atoms with van der Waals surface area (Å²) in [4.78, 5) is 9.59. The summed E-state index contributed by atoms with van der Waals surface area (Å²) in [6.07, 6.45) is 1.92. The fraction of sp³-hybridized carbons (Fsp3) is 0.273. The molecule has 0 aliphatic carbocycles. The van der Waals surface area contributed by atoms with Crippen LogP contribution >= 0.6 is 0 Å². The fourth-order valence-electron chi connectivity index (χ4n) is 9.98. The van der Waals surface area contributed by atoms with Gasteiger partial charge in [0.2, 0.25) is 0 Å². The zero-order valence-electron chi connectivity index (χ0n) is 44.2. The Hall–Kier alpha value is -6.42. The van der Waals surface area contributed by atoms with Crippen LogP contribution in [0.3, 0.4) is 0 Å². The summed E-state index contributed by atoms with van der Waals surface area (Å²) < 4.78 is 9.04. The summed E-state index contributed by atoms with van der Waals surface area (Å²) in [5, 5.41) is 2.25. The number of anilines is 4. The molecule has 7 aromatic carbocycles. The van der Waals surface area contributed by atoms with Crippen molar-refractivity contribution in [2.75, 3.05) is 9.80 Å². The molecule has 0 saturated heterocycles. The average molecular weight is 1130 g/mol. The minimum Gasteiger partial charge on any atom is -0.509 e. The molecule has 2 aromatic heterocycles. The molecule has 0 N–H and O–H groups in total. The van der Waals surface area contributed by atoms with Gasteiger partial charge >= 0.3 is 0 Å². The van der Waals surface area contributed by atoms with Gasteiger partial charge in [-0.3, -0.25) is 0 Å². The first-order valence-electron chi connectivity index (χ1n) is 25.1. The fourth-order valence-corrected chi connectivity index (χ4v) is 9.98. The van der Waals surface area contributed by atoms with Gasteiger partial charge in [0, 0.05) is 72.2 Å². The summed E-state index contributed by atoms with van der Waals surface area (Å²) in [6.45, 7) is 31.9. The molecule has 1 aliphatic heterocycles. The maximum absolute atomic E-state index is 6.79. The number of nitrogens with zero attached hydrogens (tertiary/aromatic N) is 4. The van der Waals surface area contributed by atoms with E-state index in [1.165, 1.54) is 38.9 Å². The molecule has 370 valence electrons. The zero-order chi connectivity index (χ0) is 50.3. The van der Waals surface area contributed by atoms with Crippen LogP contribution in [0.4, 0.5) is 22.7 Å². The first-order chi connectivity index (χ1) is 33.6. The van der Waals surface area contributed by atoms with Gasteiger partial charge in [0.1, 0.15) is 5.82 Å². The first-order valence-corrected chi connectivity index (χ1v) is 25.1. The first kappa shape index (κ1) is 50.5. The van der Waals surface area contributed by atoms with E-state index in [4.69, 9.17) is 9.72 Å². The van der Waals surface area contributed by atoms with E-state index in [9.17, 15) is 0 Å². The quantitative estimate of drug-likeness (QED) is 0.135. The molecule has 0 bridgehead atoms.